The van der Waals surface area contributed by atoms with Gasteiger partial charge in [0.2, 0.25) is 15.9 Å². The van der Waals surface area contributed by atoms with Gasteiger partial charge in [-0.15, -0.1) is 11.3 Å². The number of sulfonamides is 2. The number of rotatable bonds is 6. The molecule has 28 heavy (non-hydrogen) atoms. The minimum atomic E-state index is -4.06. The molecule has 3 aromatic rings. The number of hydrogen-bond donors (Lipinski definition) is 2. The lowest BCUT2D eigenvalue weighted by Gasteiger charge is -2.10. The SMILES string of the molecule is COc1ncc(-c2cccc(S(=O)(=O)Nc3ccsc3S(N)(=O)=O)c2)cc1Cl. The molecule has 0 amide bonds. The number of primary sulfonamides is 1. The smallest absolute Gasteiger partial charge is 0.261 e. The first-order chi connectivity index (χ1) is 13.1. The summed E-state index contributed by atoms with van der Waals surface area (Å²) >= 11 is 6.90. The molecule has 3 rings (SSSR count). The van der Waals surface area contributed by atoms with Gasteiger partial charge >= 0.3 is 0 Å². The molecule has 0 atom stereocenters. The van der Waals surface area contributed by atoms with E-state index in [0.717, 1.165) is 11.3 Å². The van der Waals surface area contributed by atoms with E-state index in [4.69, 9.17) is 21.5 Å². The molecule has 0 aliphatic rings. The fourth-order valence-corrected chi connectivity index (χ4v) is 5.56. The van der Waals surface area contributed by atoms with E-state index in [1.807, 2.05) is 0 Å². The van der Waals surface area contributed by atoms with Crippen molar-refractivity contribution in [1.29, 1.82) is 0 Å². The van der Waals surface area contributed by atoms with Crippen LogP contribution in [0, 0.1) is 0 Å². The molecule has 0 saturated heterocycles. The van der Waals surface area contributed by atoms with E-state index in [0.29, 0.717) is 11.1 Å². The first-order valence-corrected chi connectivity index (χ1v) is 11.8. The second-order valence-corrected chi connectivity index (χ2v) is 10.3. The molecule has 0 aliphatic heterocycles. The number of nitrogens with zero attached hydrogens (tertiary/aromatic N) is 1. The molecule has 0 fully saturated rings. The third-order valence-corrected chi connectivity index (χ3v) is 7.67. The molecule has 8 nitrogen and oxygen atoms in total. The van der Waals surface area contributed by atoms with Crippen LogP contribution in [0.2, 0.25) is 5.02 Å². The molecule has 2 aromatic heterocycles. The van der Waals surface area contributed by atoms with Crippen molar-refractivity contribution in [1.82, 2.24) is 4.98 Å². The standard InChI is InChI=1S/C16H14ClN3O5S3/c1-25-15-13(17)8-11(9-19-15)10-3-2-4-12(7-10)28(23,24)20-14-5-6-26-16(14)27(18,21)22/h2-9,20H,1H3,(H2,18,21,22). The number of ether oxygens (including phenoxy) is 1. The molecule has 2 heterocycles. The fraction of sp³-hybridized carbons (Fsp3) is 0.0625. The maximum atomic E-state index is 12.7. The van der Waals surface area contributed by atoms with Crippen molar-refractivity contribution in [3.8, 4) is 17.0 Å². The highest BCUT2D eigenvalue weighted by Crippen LogP contribution is 2.31. The van der Waals surface area contributed by atoms with Crippen molar-refractivity contribution in [2.75, 3.05) is 11.8 Å². The lowest BCUT2D eigenvalue weighted by molar-refractivity contribution is 0.398. The quantitative estimate of drug-likeness (QED) is 0.583. The van der Waals surface area contributed by atoms with Crippen molar-refractivity contribution in [3.05, 3.63) is 53.0 Å². The number of thiophene rings is 1. The number of nitrogens with one attached hydrogen (secondary N) is 1. The summed E-state index contributed by atoms with van der Waals surface area (Å²) in [4.78, 5) is 4.00. The van der Waals surface area contributed by atoms with Crippen molar-refractivity contribution in [3.63, 3.8) is 0 Å². The van der Waals surface area contributed by atoms with E-state index in [1.54, 1.807) is 18.2 Å². The van der Waals surface area contributed by atoms with Gasteiger partial charge in [-0.2, -0.15) is 0 Å². The topological polar surface area (TPSA) is 128 Å². The van der Waals surface area contributed by atoms with E-state index in [1.165, 1.54) is 36.9 Å². The van der Waals surface area contributed by atoms with Gasteiger partial charge in [-0.3, -0.25) is 4.72 Å². The van der Waals surface area contributed by atoms with E-state index in [9.17, 15) is 16.8 Å². The Morgan fingerprint density at radius 1 is 1.14 bits per heavy atom. The maximum absolute atomic E-state index is 12.7. The zero-order valence-electron chi connectivity index (χ0n) is 14.3. The van der Waals surface area contributed by atoms with E-state index in [2.05, 4.69) is 9.71 Å². The highest BCUT2D eigenvalue weighted by molar-refractivity contribution is 7.93. The van der Waals surface area contributed by atoms with Crippen LogP contribution >= 0.6 is 22.9 Å². The Hall–Kier alpha value is -2.18. The molecule has 12 heteroatoms. The summed E-state index contributed by atoms with van der Waals surface area (Å²) in [6.07, 6.45) is 1.50. The summed E-state index contributed by atoms with van der Waals surface area (Å²) in [6.45, 7) is 0. The Morgan fingerprint density at radius 2 is 1.89 bits per heavy atom. The summed E-state index contributed by atoms with van der Waals surface area (Å²) in [5, 5.41) is 6.83. The molecule has 0 spiro atoms. The Bertz CT molecular complexity index is 1240. The van der Waals surface area contributed by atoms with Crippen molar-refractivity contribution < 1.29 is 21.6 Å². The number of benzene rings is 1. The zero-order valence-corrected chi connectivity index (χ0v) is 17.5. The van der Waals surface area contributed by atoms with Crippen LogP contribution in [-0.4, -0.2) is 28.9 Å². The number of hydrogen-bond acceptors (Lipinski definition) is 7. The number of methoxy groups -OCH3 is 1. The van der Waals surface area contributed by atoms with Crippen LogP contribution in [0.5, 0.6) is 5.88 Å². The summed E-state index contributed by atoms with van der Waals surface area (Å²) in [5.74, 6) is 0.254. The lowest BCUT2D eigenvalue weighted by Crippen LogP contribution is -2.17. The molecule has 3 N–H and O–H groups in total. The van der Waals surface area contributed by atoms with Gasteiger partial charge in [-0.05, 0) is 35.2 Å². The van der Waals surface area contributed by atoms with Crippen molar-refractivity contribution in [2.24, 2.45) is 5.14 Å². The molecule has 148 valence electrons. The van der Waals surface area contributed by atoms with Crippen LogP contribution in [0.25, 0.3) is 11.1 Å². The summed E-state index contributed by atoms with van der Waals surface area (Å²) in [5.41, 5.74) is 1.03. The Morgan fingerprint density at radius 3 is 2.54 bits per heavy atom. The lowest BCUT2D eigenvalue weighted by atomic mass is 10.1. The second-order valence-electron chi connectivity index (χ2n) is 5.52. The van der Waals surface area contributed by atoms with Crippen LogP contribution < -0.4 is 14.6 Å². The molecule has 0 unspecified atom stereocenters. The van der Waals surface area contributed by atoms with Gasteiger partial charge in [0.25, 0.3) is 10.0 Å². The number of halogens is 1. The van der Waals surface area contributed by atoms with Gasteiger partial charge < -0.3 is 4.74 Å². The minimum Gasteiger partial charge on any atom is -0.480 e. The highest BCUT2D eigenvalue weighted by atomic mass is 35.5. The highest BCUT2D eigenvalue weighted by Gasteiger charge is 2.22. The Balaban J connectivity index is 1.97. The normalized spacial score (nSPS) is 12.0. The van der Waals surface area contributed by atoms with Gasteiger partial charge in [-0.25, -0.2) is 27.0 Å². The molecule has 0 radical (unpaired) electrons. The molecule has 1 aromatic carbocycles. The monoisotopic (exact) mass is 459 g/mol. The minimum absolute atomic E-state index is 0.0662. The Kier molecular flexibility index (Phi) is 5.64. The van der Waals surface area contributed by atoms with Gasteiger partial charge in [0.15, 0.2) is 4.21 Å². The predicted molar refractivity (Wildman–Crippen MR) is 108 cm³/mol. The summed E-state index contributed by atoms with van der Waals surface area (Å²) < 4.78 is 55.6. The molecule has 0 bridgehead atoms. The first kappa shape index (κ1) is 20.6. The molecular weight excluding hydrogens is 446 g/mol. The maximum Gasteiger partial charge on any atom is 0.261 e. The largest absolute Gasteiger partial charge is 0.480 e. The summed E-state index contributed by atoms with van der Waals surface area (Å²) in [7, 11) is -6.67. The average molecular weight is 460 g/mol. The van der Waals surface area contributed by atoms with Crippen LogP contribution in [0.3, 0.4) is 0 Å². The van der Waals surface area contributed by atoms with Crippen molar-refractivity contribution in [2.45, 2.75) is 9.10 Å². The van der Waals surface area contributed by atoms with E-state index in [-0.39, 0.29) is 25.7 Å². The first-order valence-electron chi connectivity index (χ1n) is 7.55. The summed E-state index contributed by atoms with van der Waals surface area (Å²) in [6, 6.07) is 8.98. The second kappa shape index (κ2) is 7.68. The zero-order chi connectivity index (χ0) is 20.5. The third-order valence-electron chi connectivity index (χ3n) is 3.61. The molecule has 0 aliphatic carbocycles. The van der Waals surface area contributed by atoms with Crippen LogP contribution in [-0.2, 0) is 20.0 Å². The predicted octanol–water partition coefficient (Wildman–Crippen LogP) is 2.92. The van der Waals surface area contributed by atoms with Crippen molar-refractivity contribution >= 4 is 48.7 Å². The van der Waals surface area contributed by atoms with E-state index >= 15 is 0 Å². The van der Waals surface area contributed by atoms with Crippen LogP contribution in [0.15, 0.2) is 57.1 Å². The number of pyridine rings is 1. The van der Waals surface area contributed by atoms with Gasteiger partial charge in [0, 0.05) is 11.8 Å². The Labute approximate surface area is 171 Å². The third kappa shape index (κ3) is 4.28. The average Bonchev–Trinajstić information content (AvgIpc) is 3.09. The fourth-order valence-electron chi connectivity index (χ4n) is 2.37. The van der Waals surface area contributed by atoms with Crippen LogP contribution in [0.4, 0.5) is 5.69 Å². The number of aromatic nitrogens is 1. The molecule has 0 saturated carbocycles. The number of anilines is 1. The molecular formula is C16H14ClN3O5S3. The van der Waals surface area contributed by atoms with Gasteiger partial charge in [-0.1, -0.05) is 23.7 Å². The van der Waals surface area contributed by atoms with Gasteiger partial charge in [0.05, 0.1) is 17.7 Å². The van der Waals surface area contributed by atoms with Crippen LogP contribution in [0.1, 0.15) is 0 Å². The van der Waals surface area contributed by atoms with Gasteiger partial charge in [0.1, 0.15) is 5.02 Å². The van der Waals surface area contributed by atoms with E-state index < -0.39 is 20.0 Å². The number of nitrogens with two attached hydrogens (primary N) is 1.